The Balaban J connectivity index is 1.70. The lowest BCUT2D eigenvalue weighted by molar-refractivity contribution is 0.127. The van der Waals surface area contributed by atoms with E-state index in [0.717, 1.165) is 35.5 Å². The highest BCUT2D eigenvalue weighted by atomic mass is 14.4. The molecule has 0 aromatic rings. The Hall–Kier alpha value is 0. The lowest BCUT2D eigenvalue weighted by Gasteiger charge is -2.38. The quantitative estimate of drug-likeness (QED) is 0.584. The lowest BCUT2D eigenvalue weighted by Crippen LogP contribution is -2.28. The molecule has 0 bridgehead atoms. The van der Waals surface area contributed by atoms with Crippen molar-refractivity contribution in [3.8, 4) is 0 Å². The Morgan fingerprint density at radius 3 is 1.72 bits per heavy atom. The smallest absolute Gasteiger partial charge is 0.0391 e. The molecule has 2 fully saturated rings. The second-order valence-corrected chi connectivity index (χ2v) is 7.85. The first-order valence-corrected chi connectivity index (χ1v) is 8.56. The fraction of sp³-hybridized carbons (Fsp3) is 1.00. The molecule has 0 N–H and O–H groups in total. The molecule has 0 aromatic heterocycles. The highest BCUT2D eigenvalue weighted by Crippen LogP contribution is 2.41. The van der Waals surface area contributed by atoms with Gasteiger partial charge in [-0.15, -0.1) is 0 Å². The summed E-state index contributed by atoms with van der Waals surface area (Å²) in [5.41, 5.74) is 0. The van der Waals surface area contributed by atoms with Gasteiger partial charge >= 0.3 is 0 Å². The maximum absolute atomic E-state index is 2.48. The van der Waals surface area contributed by atoms with E-state index in [2.05, 4.69) is 27.7 Å². The van der Waals surface area contributed by atoms with Crippen molar-refractivity contribution in [2.45, 2.75) is 79.1 Å². The van der Waals surface area contributed by atoms with Crippen LogP contribution in [-0.2, 0) is 0 Å². The van der Waals surface area contributed by atoms with Crippen molar-refractivity contribution in [3.63, 3.8) is 0 Å². The molecule has 0 heteroatoms. The van der Waals surface area contributed by atoms with E-state index >= 15 is 0 Å². The van der Waals surface area contributed by atoms with Gasteiger partial charge in [0, 0.05) is 0 Å². The predicted molar refractivity (Wildman–Crippen MR) is 80.6 cm³/mol. The third-order valence-corrected chi connectivity index (χ3v) is 6.32. The molecule has 2 atom stereocenters. The minimum atomic E-state index is 0.955. The van der Waals surface area contributed by atoms with Crippen molar-refractivity contribution < 1.29 is 0 Å². The Bertz CT molecular complexity index is 224. The van der Waals surface area contributed by atoms with E-state index in [-0.39, 0.29) is 0 Å². The van der Waals surface area contributed by atoms with Gasteiger partial charge in [-0.05, 0) is 48.3 Å². The number of hydrogen-bond acceptors (Lipinski definition) is 0. The van der Waals surface area contributed by atoms with Gasteiger partial charge in [0.25, 0.3) is 0 Å². The van der Waals surface area contributed by atoms with Crippen molar-refractivity contribution in [1.82, 2.24) is 0 Å². The van der Waals surface area contributed by atoms with Crippen LogP contribution in [0.3, 0.4) is 0 Å². The fourth-order valence-corrected chi connectivity index (χ4v) is 4.46. The molecule has 2 rings (SSSR count). The highest BCUT2D eigenvalue weighted by molar-refractivity contribution is 4.81. The van der Waals surface area contributed by atoms with Gasteiger partial charge in [0.05, 0.1) is 0 Å². The van der Waals surface area contributed by atoms with Gasteiger partial charge in [-0.25, -0.2) is 0 Å². The van der Waals surface area contributed by atoms with E-state index in [1.165, 1.54) is 51.4 Å². The van der Waals surface area contributed by atoms with E-state index in [4.69, 9.17) is 0 Å². The Morgan fingerprint density at radius 1 is 0.667 bits per heavy atom. The molecule has 2 unspecified atom stereocenters. The van der Waals surface area contributed by atoms with E-state index in [1.807, 2.05) is 0 Å². The molecular weight excluding hydrogens is 216 g/mol. The molecule has 2 aliphatic carbocycles. The van der Waals surface area contributed by atoms with Crippen molar-refractivity contribution in [2.75, 3.05) is 0 Å². The first-order valence-electron chi connectivity index (χ1n) is 8.56. The summed E-state index contributed by atoms with van der Waals surface area (Å²) in [6, 6.07) is 0. The van der Waals surface area contributed by atoms with Crippen LogP contribution in [0, 0.1) is 35.5 Å². The minimum Gasteiger partial charge on any atom is -0.0625 e. The summed E-state index contributed by atoms with van der Waals surface area (Å²) in [5.74, 6) is 6.01. The van der Waals surface area contributed by atoms with Gasteiger partial charge in [-0.1, -0.05) is 66.2 Å². The van der Waals surface area contributed by atoms with Gasteiger partial charge in [0.15, 0.2) is 0 Å². The summed E-state index contributed by atoms with van der Waals surface area (Å²) in [4.78, 5) is 0. The Morgan fingerprint density at radius 2 is 1.17 bits per heavy atom. The third-order valence-electron chi connectivity index (χ3n) is 6.32. The van der Waals surface area contributed by atoms with Crippen LogP contribution in [0.2, 0.25) is 0 Å². The Labute approximate surface area is 115 Å². The van der Waals surface area contributed by atoms with Gasteiger partial charge in [0.2, 0.25) is 0 Å². The zero-order valence-electron chi connectivity index (χ0n) is 13.1. The molecule has 0 radical (unpaired) electrons. The summed E-state index contributed by atoms with van der Waals surface area (Å²) >= 11 is 0. The van der Waals surface area contributed by atoms with Crippen LogP contribution in [-0.4, -0.2) is 0 Å². The van der Waals surface area contributed by atoms with E-state index in [1.54, 1.807) is 0 Å². The molecule has 18 heavy (non-hydrogen) atoms. The molecule has 0 aromatic carbocycles. The van der Waals surface area contributed by atoms with Gasteiger partial charge < -0.3 is 0 Å². The van der Waals surface area contributed by atoms with Crippen LogP contribution in [0.4, 0.5) is 0 Å². The largest absolute Gasteiger partial charge is 0.0625 e. The fourth-order valence-electron chi connectivity index (χ4n) is 4.46. The summed E-state index contributed by atoms with van der Waals surface area (Å²) in [6.45, 7) is 9.86. The summed E-state index contributed by atoms with van der Waals surface area (Å²) in [5, 5.41) is 0. The third kappa shape index (κ3) is 3.75. The second-order valence-electron chi connectivity index (χ2n) is 7.85. The molecule has 2 aliphatic rings. The summed E-state index contributed by atoms with van der Waals surface area (Å²) < 4.78 is 0. The monoisotopic (exact) mass is 250 g/mol. The topological polar surface area (TPSA) is 0 Å². The molecular formula is C18H34. The van der Waals surface area contributed by atoms with Crippen molar-refractivity contribution in [3.05, 3.63) is 0 Å². The van der Waals surface area contributed by atoms with Crippen LogP contribution in [0.1, 0.15) is 79.1 Å². The summed E-state index contributed by atoms with van der Waals surface area (Å²) in [6.07, 6.45) is 12.1. The standard InChI is InChI=1S/C18H34/c1-13-5-7-17(8-6-13)9-10-18-11-14(2)16(4)15(3)12-18/h13-18H,5-12H2,1-4H3. The summed E-state index contributed by atoms with van der Waals surface area (Å²) in [7, 11) is 0. The van der Waals surface area contributed by atoms with E-state index in [9.17, 15) is 0 Å². The van der Waals surface area contributed by atoms with Crippen LogP contribution >= 0.6 is 0 Å². The normalized spacial score (nSPS) is 46.0. The Kier molecular flexibility index (Phi) is 5.15. The van der Waals surface area contributed by atoms with Crippen molar-refractivity contribution in [2.24, 2.45) is 35.5 Å². The first kappa shape index (κ1) is 14.4. The van der Waals surface area contributed by atoms with Gasteiger partial charge in [0.1, 0.15) is 0 Å². The molecule has 0 spiro atoms. The number of rotatable bonds is 3. The zero-order valence-corrected chi connectivity index (χ0v) is 13.1. The van der Waals surface area contributed by atoms with Crippen LogP contribution in [0.15, 0.2) is 0 Å². The molecule has 0 saturated heterocycles. The lowest BCUT2D eigenvalue weighted by atomic mass is 9.68. The van der Waals surface area contributed by atoms with Gasteiger partial charge in [-0.3, -0.25) is 0 Å². The maximum atomic E-state index is 2.48. The first-order chi connectivity index (χ1) is 8.56. The highest BCUT2D eigenvalue weighted by Gasteiger charge is 2.30. The van der Waals surface area contributed by atoms with Crippen molar-refractivity contribution in [1.29, 1.82) is 0 Å². The average Bonchev–Trinajstić information content (AvgIpc) is 2.35. The van der Waals surface area contributed by atoms with Crippen LogP contribution in [0.5, 0.6) is 0 Å². The molecule has 0 heterocycles. The van der Waals surface area contributed by atoms with Gasteiger partial charge in [-0.2, -0.15) is 0 Å². The number of hydrogen-bond donors (Lipinski definition) is 0. The molecule has 0 nitrogen and oxygen atoms in total. The molecule has 106 valence electrons. The molecule has 0 amide bonds. The molecule has 0 aliphatic heterocycles. The van der Waals surface area contributed by atoms with E-state index in [0.29, 0.717) is 0 Å². The van der Waals surface area contributed by atoms with Crippen LogP contribution in [0.25, 0.3) is 0 Å². The zero-order chi connectivity index (χ0) is 13.1. The second kappa shape index (κ2) is 6.44. The van der Waals surface area contributed by atoms with Crippen molar-refractivity contribution >= 4 is 0 Å². The predicted octanol–water partition coefficient (Wildman–Crippen LogP) is 5.91. The minimum absolute atomic E-state index is 0.955. The van der Waals surface area contributed by atoms with E-state index < -0.39 is 0 Å². The van der Waals surface area contributed by atoms with Crippen LogP contribution < -0.4 is 0 Å². The molecule has 2 saturated carbocycles. The SMILES string of the molecule is CC1CCC(CCC2CC(C)C(C)C(C)C2)CC1. The average molecular weight is 250 g/mol. The maximum Gasteiger partial charge on any atom is -0.0391 e.